The van der Waals surface area contributed by atoms with Crippen molar-refractivity contribution < 1.29 is 8.42 Å². The van der Waals surface area contributed by atoms with E-state index in [4.69, 9.17) is 0 Å². The number of tetrazole rings is 1. The molecule has 1 saturated heterocycles. The fourth-order valence-electron chi connectivity index (χ4n) is 2.14. The molecule has 1 fully saturated rings. The Hall–Kier alpha value is -1.02. The maximum atomic E-state index is 11.6. The summed E-state index contributed by atoms with van der Waals surface area (Å²) >= 11 is 0. The lowest BCUT2D eigenvalue weighted by Crippen LogP contribution is -2.35. The summed E-state index contributed by atoms with van der Waals surface area (Å²) < 4.78 is 24.8. The first kappa shape index (κ1) is 12.4. The maximum Gasteiger partial charge on any atom is 0.168 e. The first-order valence-corrected chi connectivity index (χ1v) is 7.36. The van der Waals surface area contributed by atoms with Gasteiger partial charge in [0.1, 0.15) is 0 Å². The van der Waals surface area contributed by atoms with Crippen molar-refractivity contribution in [2.45, 2.75) is 31.8 Å². The van der Waals surface area contributed by atoms with Crippen LogP contribution in [0.15, 0.2) is 0 Å². The van der Waals surface area contributed by atoms with Crippen molar-refractivity contribution in [2.75, 3.05) is 18.6 Å². The summed E-state index contributed by atoms with van der Waals surface area (Å²) in [5.74, 6) is 0.984. The summed E-state index contributed by atoms with van der Waals surface area (Å²) in [5, 5.41) is 14.6. The van der Waals surface area contributed by atoms with Crippen LogP contribution in [0.5, 0.6) is 0 Å². The molecule has 0 radical (unpaired) electrons. The third-order valence-corrected chi connectivity index (χ3v) is 5.20. The first-order chi connectivity index (χ1) is 7.88. The van der Waals surface area contributed by atoms with Crippen molar-refractivity contribution in [2.24, 2.45) is 0 Å². The Balaban J connectivity index is 2.38. The lowest BCUT2D eigenvalue weighted by molar-refractivity contribution is 0.302. The summed E-state index contributed by atoms with van der Waals surface area (Å²) in [5.41, 5.74) is -0.525. The van der Waals surface area contributed by atoms with E-state index in [0.29, 0.717) is 12.2 Å². The molecule has 1 aromatic heterocycles. The average Bonchev–Trinajstić information content (AvgIpc) is 2.83. The van der Waals surface area contributed by atoms with Gasteiger partial charge in [-0.1, -0.05) is 0 Å². The zero-order chi connectivity index (χ0) is 12.7. The highest BCUT2D eigenvalue weighted by Gasteiger charge is 2.42. The van der Waals surface area contributed by atoms with Gasteiger partial charge < -0.3 is 5.32 Å². The molecule has 2 rings (SSSR count). The van der Waals surface area contributed by atoms with Gasteiger partial charge in [0.2, 0.25) is 0 Å². The predicted octanol–water partition coefficient (Wildman–Crippen LogP) is -0.513. The summed E-state index contributed by atoms with van der Waals surface area (Å²) in [6.45, 7) is 3.83. The minimum Gasteiger partial charge on any atom is -0.311 e. The van der Waals surface area contributed by atoms with Crippen molar-refractivity contribution in [3.05, 3.63) is 5.82 Å². The van der Waals surface area contributed by atoms with Gasteiger partial charge in [-0.3, -0.25) is 0 Å². The van der Waals surface area contributed by atoms with Crippen LogP contribution in [0.25, 0.3) is 0 Å². The average molecular weight is 259 g/mol. The van der Waals surface area contributed by atoms with Gasteiger partial charge in [0.25, 0.3) is 0 Å². The summed E-state index contributed by atoms with van der Waals surface area (Å²) in [6.07, 6.45) is 0.559. The number of sulfone groups is 1. The molecule has 8 heteroatoms. The second-order valence-electron chi connectivity index (χ2n) is 4.80. The molecule has 0 bridgehead atoms. The fourth-order valence-corrected chi connectivity index (χ4v) is 4.25. The number of aromatic nitrogens is 4. The SMILES string of the molecule is CNC(C)c1nnnn1C1(C)CCS(=O)(=O)C1. The van der Waals surface area contributed by atoms with Crippen LogP contribution >= 0.6 is 0 Å². The summed E-state index contributed by atoms with van der Waals surface area (Å²) in [7, 11) is -1.15. The minimum absolute atomic E-state index is 0.00914. The van der Waals surface area contributed by atoms with Crippen LogP contribution in [0.4, 0.5) is 0 Å². The molecule has 1 N–H and O–H groups in total. The van der Waals surface area contributed by atoms with E-state index in [1.54, 1.807) is 4.68 Å². The van der Waals surface area contributed by atoms with Crippen LogP contribution in [0, 0.1) is 0 Å². The van der Waals surface area contributed by atoms with Crippen molar-refractivity contribution in [3.8, 4) is 0 Å². The predicted molar refractivity (Wildman–Crippen MR) is 62.2 cm³/mol. The highest BCUT2D eigenvalue weighted by Crippen LogP contribution is 2.31. The van der Waals surface area contributed by atoms with Gasteiger partial charge in [0.05, 0.1) is 23.1 Å². The van der Waals surface area contributed by atoms with Crippen LogP contribution < -0.4 is 5.32 Å². The molecular formula is C9H17N5O2S. The van der Waals surface area contributed by atoms with Crippen molar-refractivity contribution in [1.82, 2.24) is 25.5 Å². The van der Waals surface area contributed by atoms with Crippen LogP contribution in [-0.2, 0) is 15.4 Å². The second kappa shape index (κ2) is 4.02. The molecule has 2 unspecified atom stereocenters. The Morgan fingerprint density at radius 1 is 1.53 bits per heavy atom. The lowest BCUT2D eigenvalue weighted by Gasteiger charge is -2.24. The highest BCUT2D eigenvalue weighted by molar-refractivity contribution is 7.91. The minimum atomic E-state index is -2.97. The molecule has 0 spiro atoms. The lowest BCUT2D eigenvalue weighted by atomic mass is 10.0. The smallest absolute Gasteiger partial charge is 0.168 e. The Bertz CT molecular complexity index is 511. The number of rotatable bonds is 3. The quantitative estimate of drug-likeness (QED) is 0.786. The Morgan fingerprint density at radius 3 is 2.76 bits per heavy atom. The van der Waals surface area contributed by atoms with Crippen molar-refractivity contribution in [1.29, 1.82) is 0 Å². The molecule has 0 saturated carbocycles. The van der Waals surface area contributed by atoms with Gasteiger partial charge >= 0.3 is 0 Å². The number of hydrogen-bond acceptors (Lipinski definition) is 6. The van der Waals surface area contributed by atoms with E-state index in [0.717, 1.165) is 0 Å². The zero-order valence-corrected chi connectivity index (χ0v) is 11.0. The molecule has 0 aliphatic carbocycles. The molecule has 1 aliphatic heterocycles. The molecule has 96 valence electrons. The summed E-state index contributed by atoms with van der Waals surface area (Å²) in [4.78, 5) is 0. The fraction of sp³-hybridized carbons (Fsp3) is 0.889. The van der Waals surface area contributed by atoms with E-state index in [1.165, 1.54) is 0 Å². The van der Waals surface area contributed by atoms with Crippen LogP contribution in [0.2, 0.25) is 0 Å². The molecule has 0 aromatic carbocycles. The number of hydrogen-bond donors (Lipinski definition) is 1. The monoisotopic (exact) mass is 259 g/mol. The van der Waals surface area contributed by atoms with Gasteiger partial charge in [0, 0.05) is 0 Å². The Labute approximate surface area is 101 Å². The molecule has 1 aliphatic rings. The van der Waals surface area contributed by atoms with Gasteiger partial charge in [-0.25, -0.2) is 13.1 Å². The topological polar surface area (TPSA) is 89.8 Å². The molecule has 2 atom stereocenters. The van der Waals surface area contributed by atoms with Crippen molar-refractivity contribution in [3.63, 3.8) is 0 Å². The molecule has 1 aromatic rings. The summed E-state index contributed by atoms with van der Waals surface area (Å²) in [6, 6.07) is -0.00914. The molecule has 2 heterocycles. The number of nitrogens with zero attached hydrogens (tertiary/aromatic N) is 4. The Morgan fingerprint density at radius 2 is 2.24 bits per heavy atom. The third kappa shape index (κ3) is 2.19. The second-order valence-corrected chi connectivity index (χ2v) is 6.98. The van der Waals surface area contributed by atoms with Crippen LogP contribution in [0.1, 0.15) is 32.1 Å². The van der Waals surface area contributed by atoms with Gasteiger partial charge in [-0.2, -0.15) is 0 Å². The third-order valence-electron chi connectivity index (χ3n) is 3.31. The zero-order valence-electron chi connectivity index (χ0n) is 10.2. The van der Waals surface area contributed by atoms with Crippen LogP contribution in [0.3, 0.4) is 0 Å². The maximum absolute atomic E-state index is 11.6. The van der Waals surface area contributed by atoms with E-state index in [9.17, 15) is 8.42 Å². The van der Waals surface area contributed by atoms with Gasteiger partial charge in [-0.15, -0.1) is 5.10 Å². The van der Waals surface area contributed by atoms with Crippen molar-refractivity contribution >= 4 is 9.84 Å². The first-order valence-electron chi connectivity index (χ1n) is 5.54. The van der Waals surface area contributed by atoms with Gasteiger partial charge in [0.15, 0.2) is 15.7 Å². The van der Waals surface area contributed by atoms with Gasteiger partial charge in [-0.05, 0) is 37.7 Å². The van der Waals surface area contributed by atoms with E-state index in [2.05, 4.69) is 20.8 Å². The largest absolute Gasteiger partial charge is 0.311 e. The highest BCUT2D eigenvalue weighted by atomic mass is 32.2. The molecule has 17 heavy (non-hydrogen) atoms. The van der Waals surface area contributed by atoms with E-state index in [-0.39, 0.29) is 17.5 Å². The molecular weight excluding hydrogens is 242 g/mol. The van der Waals surface area contributed by atoms with E-state index in [1.807, 2.05) is 20.9 Å². The molecule has 0 amide bonds. The molecule has 7 nitrogen and oxygen atoms in total. The van der Waals surface area contributed by atoms with E-state index < -0.39 is 15.4 Å². The standard InChI is InChI=1S/C9H17N5O2S/c1-7(10-3)8-11-12-13-14(8)9(2)4-5-17(15,16)6-9/h7,10H,4-6H2,1-3H3. The normalized spacial score (nSPS) is 29.4. The number of nitrogens with one attached hydrogen (secondary N) is 1. The van der Waals surface area contributed by atoms with Crippen LogP contribution in [-0.4, -0.2) is 47.2 Å². The Kier molecular flexibility index (Phi) is 2.94. The van der Waals surface area contributed by atoms with E-state index >= 15 is 0 Å².